The molecular weight excluding hydrogens is 412 g/mol. The summed E-state index contributed by atoms with van der Waals surface area (Å²) in [6.45, 7) is 6.16. The number of para-hydroxylation sites is 1. The lowest BCUT2D eigenvalue weighted by Gasteiger charge is -2.35. The van der Waals surface area contributed by atoms with E-state index in [0.29, 0.717) is 12.2 Å². The van der Waals surface area contributed by atoms with E-state index in [1.54, 1.807) is 23.9 Å². The van der Waals surface area contributed by atoms with Crippen molar-refractivity contribution in [3.8, 4) is 5.75 Å². The second-order valence-corrected chi connectivity index (χ2v) is 9.83. The number of nitrogens with one attached hydrogen (secondary N) is 2. The normalized spacial score (nSPS) is 18.0. The zero-order chi connectivity index (χ0) is 22.4. The standard InChI is InChI=1S/C24H32N2O4S/c1-16-12-18-20(13-24(2,3)14-21(18)30-16)26-23(28)19(10-11-31-4)25-22(27)15-29-17-8-6-5-7-9-17/h5-9,12,19-20H,10-11,13-15H2,1-4H3,(H,25,27)(H,26,28). The van der Waals surface area contributed by atoms with Crippen molar-refractivity contribution in [3.05, 3.63) is 53.5 Å². The Kier molecular flexibility index (Phi) is 7.70. The summed E-state index contributed by atoms with van der Waals surface area (Å²) in [4.78, 5) is 25.6. The van der Waals surface area contributed by atoms with Crippen molar-refractivity contribution in [1.29, 1.82) is 0 Å². The molecule has 2 amide bonds. The molecule has 2 N–H and O–H groups in total. The van der Waals surface area contributed by atoms with Gasteiger partial charge in [-0.3, -0.25) is 9.59 Å². The summed E-state index contributed by atoms with van der Waals surface area (Å²) in [6, 6.07) is 10.4. The molecule has 0 bridgehead atoms. The highest BCUT2D eigenvalue weighted by atomic mass is 32.2. The molecule has 0 aliphatic heterocycles. The first-order chi connectivity index (χ1) is 14.8. The maximum atomic E-state index is 13.1. The molecule has 0 saturated heterocycles. The average Bonchev–Trinajstić information content (AvgIpc) is 3.09. The Morgan fingerprint density at radius 2 is 2.03 bits per heavy atom. The maximum Gasteiger partial charge on any atom is 0.258 e. The van der Waals surface area contributed by atoms with Gasteiger partial charge in [0, 0.05) is 12.0 Å². The summed E-state index contributed by atoms with van der Waals surface area (Å²) in [6.07, 6.45) is 4.22. The number of thioether (sulfide) groups is 1. The second-order valence-electron chi connectivity index (χ2n) is 8.85. The molecule has 6 nitrogen and oxygen atoms in total. The number of carbonyl (C=O) groups excluding carboxylic acids is 2. The van der Waals surface area contributed by atoms with Gasteiger partial charge in [-0.05, 0) is 55.4 Å². The quantitative estimate of drug-likeness (QED) is 0.610. The van der Waals surface area contributed by atoms with Gasteiger partial charge in [0.05, 0.1) is 6.04 Å². The highest BCUT2D eigenvalue weighted by molar-refractivity contribution is 7.98. The van der Waals surface area contributed by atoms with Gasteiger partial charge in [-0.1, -0.05) is 32.0 Å². The number of ether oxygens (including phenoxy) is 1. The van der Waals surface area contributed by atoms with Gasteiger partial charge in [-0.25, -0.2) is 0 Å². The topological polar surface area (TPSA) is 80.6 Å². The molecule has 7 heteroatoms. The Morgan fingerprint density at radius 3 is 2.74 bits per heavy atom. The maximum absolute atomic E-state index is 13.1. The van der Waals surface area contributed by atoms with Crippen LogP contribution >= 0.6 is 11.8 Å². The summed E-state index contributed by atoms with van der Waals surface area (Å²) in [5.41, 5.74) is 1.07. The molecule has 168 valence electrons. The predicted molar refractivity (Wildman–Crippen MR) is 123 cm³/mol. The SMILES string of the molecule is CSCCC(NC(=O)COc1ccccc1)C(=O)NC1CC(C)(C)Cc2oc(C)cc21. The van der Waals surface area contributed by atoms with E-state index in [9.17, 15) is 9.59 Å². The van der Waals surface area contributed by atoms with Gasteiger partial charge >= 0.3 is 0 Å². The number of hydrogen-bond donors (Lipinski definition) is 2. The van der Waals surface area contributed by atoms with Crippen LogP contribution in [0, 0.1) is 12.3 Å². The number of furan rings is 1. The van der Waals surface area contributed by atoms with Crippen LogP contribution in [0.2, 0.25) is 0 Å². The lowest BCUT2D eigenvalue weighted by atomic mass is 9.74. The van der Waals surface area contributed by atoms with Crippen LogP contribution in [0.4, 0.5) is 0 Å². The fourth-order valence-electron chi connectivity index (χ4n) is 3.99. The summed E-state index contributed by atoms with van der Waals surface area (Å²) in [5.74, 6) is 2.70. The zero-order valence-corrected chi connectivity index (χ0v) is 19.5. The Morgan fingerprint density at radius 1 is 1.29 bits per heavy atom. The monoisotopic (exact) mass is 444 g/mol. The first-order valence-corrected chi connectivity index (χ1v) is 12.0. The smallest absolute Gasteiger partial charge is 0.258 e. The number of benzene rings is 1. The average molecular weight is 445 g/mol. The van der Waals surface area contributed by atoms with Gasteiger partial charge in [-0.2, -0.15) is 11.8 Å². The van der Waals surface area contributed by atoms with Crippen LogP contribution in [0.15, 0.2) is 40.8 Å². The molecule has 1 aromatic carbocycles. The molecule has 1 aliphatic rings. The van der Waals surface area contributed by atoms with Crippen molar-refractivity contribution >= 4 is 23.6 Å². The molecule has 3 rings (SSSR count). The molecule has 2 atom stereocenters. The molecule has 1 heterocycles. The van der Waals surface area contributed by atoms with E-state index in [4.69, 9.17) is 9.15 Å². The highest BCUT2D eigenvalue weighted by Crippen LogP contribution is 2.42. The minimum Gasteiger partial charge on any atom is -0.484 e. The van der Waals surface area contributed by atoms with E-state index in [1.807, 2.05) is 37.4 Å². The van der Waals surface area contributed by atoms with Crippen LogP contribution < -0.4 is 15.4 Å². The van der Waals surface area contributed by atoms with Crippen molar-refractivity contribution in [2.24, 2.45) is 5.41 Å². The highest BCUT2D eigenvalue weighted by Gasteiger charge is 2.36. The van der Waals surface area contributed by atoms with Crippen molar-refractivity contribution in [1.82, 2.24) is 10.6 Å². The van der Waals surface area contributed by atoms with E-state index in [1.165, 1.54) is 0 Å². The van der Waals surface area contributed by atoms with Crippen LogP contribution in [-0.2, 0) is 16.0 Å². The second kappa shape index (κ2) is 10.3. The van der Waals surface area contributed by atoms with E-state index in [0.717, 1.165) is 35.7 Å². The molecule has 31 heavy (non-hydrogen) atoms. The first kappa shape index (κ1) is 23.3. The van der Waals surface area contributed by atoms with Gasteiger partial charge in [0.1, 0.15) is 23.3 Å². The van der Waals surface area contributed by atoms with Crippen molar-refractivity contribution in [2.75, 3.05) is 18.6 Å². The molecule has 2 aromatic rings. The molecular formula is C24H32N2O4S. The summed E-state index contributed by atoms with van der Waals surface area (Å²) >= 11 is 1.64. The molecule has 1 aromatic heterocycles. The third kappa shape index (κ3) is 6.53. The molecule has 1 aliphatic carbocycles. The fourth-order valence-corrected chi connectivity index (χ4v) is 4.46. The van der Waals surface area contributed by atoms with Gasteiger partial charge in [0.25, 0.3) is 5.91 Å². The number of hydrogen-bond acceptors (Lipinski definition) is 5. The third-order valence-electron chi connectivity index (χ3n) is 5.43. The minimum absolute atomic E-state index is 0.0246. The Hall–Kier alpha value is -2.41. The number of aryl methyl sites for hydroxylation is 1. The predicted octanol–water partition coefficient (Wildman–Crippen LogP) is 4.03. The van der Waals surface area contributed by atoms with E-state index in [-0.39, 0.29) is 29.9 Å². The van der Waals surface area contributed by atoms with Crippen molar-refractivity contribution in [3.63, 3.8) is 0 Å². The first-order valence-electron chi connectivity index (χ1n) is 10.6. The van der Waals surface area contributed by atoms with Gasteiger partial charge in [0.2, 0.25) is 5.91 Å². The fraction of sp³-hybridized carbons (Fsp3) is 0.500. The summed E-state index contributed by atoms with van der Waals surface area (Å²) in [7, 11) is 0. The van der Waals surface area contributed by atoms with Crippen LogP contribution in [0.25, 0.3) is 0 Å². The van der Waals surface area contributed by atoms with Crippen LogP contribution in [0.1, 0.15) is 49.8 Å². The number of rotatable bonds is 9. The van der Waals surface area contributed by atoms with E-state index in [2.05, 4.69) is 24.5 Å². The van der Waals surface area contributed by atoms with Crippen molar-refractivity contribution in [2.45, 2.75) is 52.1 Å². The number of amides is 2. The van der Waals surface area contributed by atoms with Crippen LogP contribution in [0.3, 0.4) is 0 Å². The molecule has 0 fully saturated rings. The lowest BCUT2D eigenvalue weighted by Crippen LogP contribution is -2.50. The van der Waals surface area contributed by atoms with Crippen LogP contribution in [0.5, 0.6) is 5.75 Å². The Balaban J connectivity index is 1.64. The van der Waals surface area contributed by atoms with Crippen LogP contribution in [-0.4, -0.2) is 36.5 Å². The minimum atomic E-state index is -0.610. The summed E-state index contributed by atoms with van der Waals surface area (Å²) in [5, 5.41) is 6.02. The molecule has 0 spiro atoms. The van der Waals surface area contributed by atoms with Gasteiger partial charge in [0.15, 0.2) is 6.61 Å². The number of fused-ring (bicyclic) bond motifs is 1. The zero-order valence-electron chi connectivity index (χ0n) is 18.7. The van der Waals surface area contributed by atoms with Gasteiger partial charge < -0.3 is 19.8 Å². The largest absolute Gasteiger partial charge is 0.484 e. The van der Waals surface area contributed by atoms with Crippen molar-refractivity contribution < 1.29 is 18.7 Å². The van der Waals surface area contributed by atoms with E-state index >= 15 is 0 Å². The lowest BCUT2D eigenvalue weighted by molar-refractivity contribution is -0.130. The third-order valence-corrected chi connectivity index (χ3v) is 6.07. The van der Waals surface area contributed by atoms with Gasteiger partial charge in [-0.15, -0.1) is 0 Å². The molecule has 0 radical (unpaired) electrons. The molecule has 0 saturated carbocycles. The Labute approximate surface area is 188 Å². The Bertz CT molecular complexity index is 894. The molecule has 2 unspecified atom stereocenters. The van der Waals surface area contributed by atoms with E-state index < -0.39 is 6.04 Å². The summed E-state index contributed by atoms with van der Waals surface area (Å²) < 4.78 is 11.4. The number of carbonyl (C=O) groups is 2.